The second-order valence-corrected chi connectivity index (χ2v) is 7.12. The van der Waals surface area contributed by atoms with Gasteiger partial charge in [0.2, 0.25) is 0 Å². The van der Waals surface area contributed by atoms with Gasteiger partial charge in [-0.2, -0.15) is 0 Å². The fourth-order valence-corrected chi connectivity index (χ4v) is 3.37. The van der Waals surface area contributed by atoms with Crippen LogP contribution in [0, 0.1) is 0 Å². The molecule has 2 aromatic carbocycles. The van der Waals surface area contributed by atoms with E-state index in [4.69, 9.17) is 9.47 Å². The van der Waals surface area contributed by atoms with Crippen LogP contribution in [0.2, 0.25) is 0 Å². The van der Waals surface area contributed by atoms with Gasteiger partial charge >= 0.3 is 0 Å². The summed E-state index contributed by atoms with van der Waals surface area (Å²) in [7, 11) is 0. The van der Waals surface area contributed by atoms with Crippen LogP contribution in [0.4, 0.5) is 0 Å². The molecule has 0 N–H and O–H groups in total. The lowest BCUT2D eigenvalue weighted by molar-refractivity contribution is -0.145. The smallest absolute Gasteiger partial charge is 0.251 e. The number of benzene rings is 2. The average Bonchev–Trinajstić information content (AvgIpc) is 2.74. The van der Waals surface area contributed by atoms with E-state index < -0.39 is 6.10 Å². The molecule has 5 nitrogen and oxygen atoms in total. The first-order chi connectivity index (χ1) is 13.7. The molecule has 150 valence electrons. The molecule has 1 fully saturated rings. The molecular formula is C23H30N2O3. The minimum atomic E-state index is -0.419. The topological polar surface area (TPSA) is 42.0 Å². The van der Waals surface area contributed by atoms with Gasteiger partial charge in [-0.25, -0.2) is 0 Å². The SMILES string of the molecule is CCOc1ccc(CN2CCN(C(=O)C(C)OCc3ccccc3)CC2)cc1. The van der Waals surface area contributed by atoms with Crippen LogP contribution in [0.25, 0.3) is 0 Å². The lowest BCUT2D eigenvalue weighted by Gasteiger charge is -2.36. The van der Waals surface area contributed by atoms with E-state index in [1.54, 1.807) is 0 Å². The van der Waals surface area contributed by atoms with Crippen molar-refractivity contribution in [3.8, 4) is 5.75 Å². The Morgan fingerprint density at radius 1 is 0.964 bits per heavy atom. The lowest BCUT2D eigenvalue weighted by atomic mass is 10.2. The van der Waals surface area contributed by atoms with E-state index in [-0.39, 0.29) is 5.91 Å². The molecule has 0 aromatic heterocycles. The summed E-state index contributed by atoms with van der Waals surface area (Å²) in [6, 6.07) is 18.2. The second kappa shape index (κ2) is 10.2. The largest absolute Gasteiger partial charge is 0.494 e. The summed E-state index contributed by atoms with van der Waals surface area (Å²) >= 11 is 0. The first-order valence-corrected chi connectivity index (χ1v) is 10.0. The highest BCUT2D eigenvalue weighted by Gasteiger charge is 2.25. The van der Waals surface area contributed by atoms with Gasteiger partial charge < -0.3 is 14.4 Å². The fourth-order valence-electron chi connectivity index (χ4n) is 3.37. The predicted octanol–water partition coefficient (Wildman–Crippen LogP) is 3.33. The second-order valence-electron chi connectivity index (χ2n) is 7.12. The minimum Gasteiger partial charge on any atom is -0.494 e. The van der Waals surface area contributed by atoms with E-state index in [0.29, 0.717) is 13.2 Å². The third-order valence-electron chi connectivity index (χ3n) is 5.02. The number of piperazine rings is 1. The van der Waals surface area contributed by atoms with E-state index in [1.807, 2.05) is 61.2 Å². The summed E-state index contributed by atoms with van der Waals surface area (Å²) in [4.78, 5) is 17.0. The van der Waals surface area contributed by atoms with E-state index in [9.17, 15) is 4.79 Å². The van der Waals surface area contributed by atoms with Gasteiger partial charge in [-0.3, -0.25) is 9.69 Å². The van der Waals surface area contributed by atoms with Crippen molar-refractivity contribution >= 4 is 5.91 Å². The summed E-state index contributed by atoms with van der Waals surface area (Å²) in [6.07, 6.45) is -0.419. The number of amides is 1. The third-order valence-corrected chi connectivity index (χ3v) is 5.02. The molecule has 1 amide bonds. The van der Waals surface area contributed by atoms with Gasteiger partial charge in [-0.05, 0) is 37.1 Å². The monoisotopic (exact) mass is 382 g/mol. The first kappa shape index (κ1) is 20.4. The van der Waals surface area contributed by atoms with Gasteiger partial charge in [0.15, 0.2) is 0 Å². The van der Waals surface area contributed by atoms with E-state index in [1.165, 1.54) is 5.56 Å². The molecule has 28 heavy (non-hydrogen) atoms. The van der Waals surface area contributed by atoms with Gasteiger partial charge in [0, 0.05) is 32.7 Å². The standard InChI is InChI=1S/C23H30N2O3/c1-3-27-22-11-9-20(10-12-22)17-24-13-15-25(16-14-24)23(26)19(2)28-18-21-7-5-4-6-8-21/h4-12,19H,3,13-18H2,1-2H3. The predicted molar refractivity (Wildman–Crippen MR) is 110 cm³/mol. The van der Waals surface area contributed by atoms with Crippen molar-refractivity contribution in [2.75, 3.05) is 32.8 Å². The van der Waals surface area contributed by atoms with Crippen molar-refractivity contribution in [3.63, 3.8) is 0 Å². The molecule has 1 unspecified atom stereocenters. The summed E-state index contributed by atoms with van der Waals surface area (Å²) in [5.74, 6) is 0.989. The summed E-state index contributed by atoms with van der Waals surface area (Å²) in [5.41, 5.74) is 2.35. The average molecular weight is 383 g/mol. The molecular weight excluding hydrogens is 352 g/mol. The summed E-state index contributed by atoms with van der Waals surface area (Å²) in [5, 5.41) is 0. The highest BCUT2D eigenvalue weighted by atomic mass is 16.5. The number of hydrogen-bond donors (Lipinski definition) is 0. The first-order valence-electron chi connectivity index (χ1n) is 10.0. The van der Waals surface area contributed by atoms with Crippen LogP contribution in [0.1, 0.15) is 25.0 Å². The molecule has 1 saturated heterocycles. The van der Waals surface area contributed by atoms with Crippen LogP contribution in [0.5, 0.6) is 5.75 Å². The Balaban J connectivity index is 1.41. The molecule has 2 aromatic rings. The van der Waals surface area contributed by atoms with E-state index in [0.717, 1.165) is 44.0 Å². The molecule has 1 aliphatic heterocycles. The number of carbonyl (C=O) groups excluding carboxylic acids is 1. The zero-order valence-corrected chi connectivity index (χ0v) is 16.8. The van der Waals surface area contributed by atoms with Gasteiger partial charge in [-0.15, -0.1) is 0 Å². The number of carbonyl (C=O) groups is 1. The molecule has 0 saturated carbocycles. The van der Waals surface area contributed by atoms with Gasteiger partial charge in [0.05, 0.1) is 13.2 Å². The maximum absolute atomic E-state index is 12.7. The summed E-state index contributed by atoms with van der Waals surface area (Å²) in [6.45, 7) is 9.13. The quantitative estimate of drug-likeness (QED) is 0.702. The third kappa shape index (κ3) is 5.81. The Bertz CT molecular complexity index is 725. The van der Waals surface area contributed by atoms with Gasteiger partial charge in [0.1, 0.15) is 11.9 Å². The van der Waals surface area contributed by atoms with Crippen molar-refractivity contribution in [1.82, 2.24) is 9.80 Å². The van der Waals surface area contributed by atoms with Crippen molar-refractivity contribution in [2.24, 2.45) is 0 Å². The van der Waals surface area contributed by atoms with Crippen molar-refractivity contribution in [3.05, 3.63) is 65.7 Å². The van der Waals surface area contributed by atoms with Crippen molar-refractivity contribution in [1.29, 1.82) is 0 Å². The molecule has 0 aliphatic carbocycles. The number of hydrogen-bond acceptors (Lipinski definition) is 4. The van der Waals surface area contributed by atoms with Gasteiger partial charge in [0.25, 0.3) is 5.91 Å². The Morgan fingerprint density at radius 3 is 2.29 bits per heavy atom. The Labute approximate surface area is 167 Å². The Hall–Kier alpha value is -2.37. The zero-order valence-electron chi connectivity index (χ0n) is 16.8. The molecule has 0 bridgehead atoms. The Morgan fingerprint density at radius 2 is 1.64 bits per heavy atom. The van der Waals surface area contributed by atoms with Gasteiger partial charge in [-0.1, -0.05) is 42.5 Å². The molecule has 3 rings (SSSR count). The molecule has 1 heterocycles. The minimum absolute atomic E-state index is 0.0802. The zero-order chi connectivity index (χ0) is 19.8. The van der Waals surface area contributed by atoms with E-state index >= 15 is 0 Å². The molecule has 1 atom stereocenters. The number of ether oxygens (including phenoxy) is 2. The van der Waals surface area contributed by atoms with Crippen LogP contribution in [0.15, 0.2) is 54.6 Å². The fraction of sp³-hybridized carbons (Fsp3) is 0.435. The maximum atomic E-state index is 12.7. The molecule has 1 aliphatic rings. The number of nitrogens with zero attached hydrogens (tertiary/aromatic N) is 2. The summed E-state index contributed by atoms with van der Waals surface area (Å²) < 4.78 is 11.3. The highest BCUT2D eigenvalue weighted by molar-refractivity contribution is 5.80. The van der Waals surface area contributed by atoms with Crippen molar-refractivity contribution in [2.45, 2.75) is 33.1 Å². The van der Waals surface area contributed by atoms with Crippen LogP contribution < -0.4 is 4.74 Å². The van der Waals surface area contributed by atoms with Crippen molar-refractivity contribution < 1.29 is 14.3 Å². The van der Waals surface area contributed by atoms with Crippen LogP contribution in [-0.4, -0.2) is 54.6 Å². The molecule has 0 spiro atoms. The molecule has 0 radical (unpaired) electrons. The molecule has 5 heteroatoms. The van der Waals surface area contributed by atoms with Crippen LogP contribution >= 0.6 is 0 Å². The normalized spacial score (nSPS) is 16.0. The highest BCUT2D eigenvalue weighted by Crippen LogP contribution is 2.15. The van der Waals surface area contributed by atoms with Crippen LogP contribution in [0.3, 0.4) is 0 Å². The number of rotatable bonds is 8. The Kier molecular flexibility index (Phi) is 7.46. The maximum Gasteiger partial charge on any atom is 0.251 e. The lowest BCUT2D eigenvalue weighted by Crippen LogP contribution is -2.51. The van der Waals surface area contributed by atoms with E-state index in [2.05, 4.69) is 17.0 Å². The van der Waals surface area contributed by atoms with Crippen LogP contribution in [-0.2, 0) is 22.7 Å².